The van der Waals surface area contributed by atoms with Gasteiger partial charge in [-0.05, 0) is 70.4 Å². The lowest BCUT2D eigenvalue weighted by atomic mass is 10.0. The number of hydrogen-bond donors (Lipinski definition) is 1. The Morgan fingerprint density at radius 3 is 2.36 bits per heavy atom. The third-order valence-electron chi connectivity index (χ3n) is 6.83. The molecule has 0 spiro atoms. The first-order valence-corrected chi connectivity index (χ1v) is 15.6. The monoisotopic (exact) mass is 514 g/mol. The zero-order chi connectivity index (χ0) is 27.5. The third kappa shape index (κ3) is 7.11. The molecule has 0 saturated heterocycles. The van der Waals surface area contributed by atoms with Crippen LogP contribution in [-0.2, 0) is 22.8 Å². The SMILES string of the molecule is C=CCCN(C(=O)OC(C)(C)C)c1cc2c(cc1C(O)/C=C/C)cc(CO[Si](C)(C)C(C)(C)C)n2C. The maximum atomic E-state index is 13.3. The molecule has 0 fully saturated rings. The molecule has 0 aliphatic rings. The fourth-order valence-electron chi connectivity index (χ4n) is 3.66. The number of anilines is 1. The molecule has 7 heteroatoms. The number of amides is 1. The Bertz CT molecular complexity index is 1100. The van der Waals surface area contributed by atoms with Crippen LogP contribution in [0.4, 0.5) is 10.5 Å². The molecule has 1 amide bonds. The number of aromatic nitrogens is 1. The van der Waals surface area contributed by atoms with E-state index >= 15 is 0 Å². The van der Waals surface area contributed by atoms with Crippen LogP contribution in [0, 0.1) is 0 Å². The van der Waals surface area contributed by atoms with E-state index in [1.54, 1.807) is 17.1 Å². The van der Waals surface area contributed by atoms with E-state index in [2.05, 4.69) is 51.1 Å². The summed E-state index contributed by atoms with van der Waals surface area (Å²) >= 11 is 0. The van der Waals surface area contributed by atoms with Gasteiger partial charge in [-0.2, -0.15) is 0 Å². The van der Waals surface area contributed by atoms with Crippen LogP contribution in [0.1, 0.15) is 72.2 Å². The van der Waals surface area contributed by atoms with Crippen molar-refractivity contribution in [3.05, 3.63) is 54.3 Å². The average molecular weight is 515 g/mol. The molecular weight excluding hydrogens is 468 g/mol. The predicted octanol–water partition coefficient (Wildman–Crippen LogP) is 7.63. The molecule has 0 saturated carbocycles. The molecule has 0 radical (unpaired) electrons. The van der Waals surface area contributed by atoms with Crippen LogP contribution in [-0.4, -0.2) is 36.2 Å². The number of aryl methyl sites for hydroxylation is 1. The van der Waals surface area contributed by atoms with Crippen molar-refractivity contribution < 1.29 is 19.1 Å². The summed E-state index contributed by atoms with van der Waals surface area (Å²) in [6.45, 7) is 23.3. The van der Waals surface area contributed by atoms with Crippen molar-refractivity contribution in [1.82, 2.24) is 4.57 Å². The van der Waals surface area contributed by atoms with E-state index in [0.717, 1.165) is 16.6 Å². The van der Waals surface area contributed by atoms with Gasteiger partial charge in [0.15, 0.2) is 8.32 Å². The van der Waals surface area contributed by atoms with Crippen molar-refractivity contribution >= 4 is 31.0 Å². The Labute approximate surface area is 218 Å². The molecule has 1 N–H and O–H groups in total. The smallest absolute Gasteiger partial charge is 0.414 e. The van der Waals surface area contributed by atoms with Gasteiger partial charge in [0.25, 0.3) is 0 Å². The summed E-state index contributed by atoms with van der Waals surface area (Å²) in [5.74, 6) is 0. The molecule has 0 bridgehead atoms. The van der Waals surface area contributed by atoms with Crippen LogP contribution in [0.25, 0.3) is 10.9 Å². The van der Waals surface area contributed by atoms with Crippen LogP contribution in [0.3, 0.4) is 0 Å². The minimum absolute atomic E-state index is 0.119. The van der Waals surface area contributed by atoms with Gasteiger partial charge in [0, 0.05) is 30.2 Å². The number of ether oxygens (including phenoxy) is 1. The predicted molar refractivity (Wildman–Crippen MR) is 153 cm³/mol. The Morgan fingerprint density at radius 1 is 1.19 bits per heavy atom. The third-order valence-corrected chi connectivity index (χ3v) is 11.3. The number of carbonyl (C=O) groups excluding carboxylic acids is 1. The molecule has 1 heterocycles. The van der Waals surface area contributed by atoms with Gasteiger partial charge in [-0.1, -0.05) is 39.0 Å². The number of allylic oxidation sites excluding steroid dienone is 1. The molecule has 1 aromatic heterocycles. The zero-order valence-corrected chi connectivity index (χ0v) is 24.9. The van der Waals surface area contributed by atoms with E-state index < -0.39 is 26.1 Å². The van der Waals surface area contributed by atoms with E-state index in [1.807, 2.05) is 53.0 Å². The summed E-state index contributed by atoms with van der Waals surface area (Å²) in [5.41, 5.74) is 2.64. The number of carbonyl (C=O) groups is 1. The van der Waals surface area contributed by atoms with E-state index in [4.69, 9.17) is 9.16 Å². The molecule has 1 aromatic carbocycles. The summed E-state index contributed by atoms with van der Waals surface area (Å²) in [5, 5.41) is 12.1. The van der Waals surface area contributed by atoms with Crippen molar-refractivity contribution in [3.8, 4) is 0 Å². The lowest BCUT2D eigenvalue weighted by molar-refractivity contribution is 0.0580. The van der Waals surface area contributed by atoms with Gasteiger partial charge >= 0.3 is 6.09 Å². The lowest BCUT2D eigenvalue weighted by Crippen LogP contribution is -2.40. The van der Waals surface area contributed by atoms with E-state index in [0.29, 0.717) is 30.8 Å². The molecule has 36 heavy (non-hydrogen) atoms. The van der Waals surface area contributed by atoms with Gasteiger partial charge in [0.05, 0.1) is 23.9 Å². The number of hydrogen-bond acceptors (Lipinski definition) is 4. The summed E-state index contributed by atoms with van der Waals surface area (Å²) in [4.78, 5) is 14.9. The number of aliphatic hydroxyl groups is 1. The number of benzene rings is 1. The second-order valence-electron chi connectivity index (χ2n) is 11.9. The van der Waals surface area contributed by atoms with Gasteiger partial charge < -0.3 is 18.8 Å². The molecular formula is C29H46N2O4Si. The molecule has 1 atom stereocenters. The number of nitrogens with zero attached hydrogens (tertiary/aromatic N) is 2. The van der Waals surface area contributed by atoms with Crippen molar-refractivity contribution in [2.75, 3.05) is 11.4 Å². The zero-order valence-electron chi connectivity index (χ0n) is 23.9. The van der Waals surface area contributed by atoms with Crippen LogP contribution in [0.5, 0.6) is 0 Å². The molecule has 2 aromatic rings. The maximum Gasteiger partial charge on any atom is 0.414 e. The average Bonchev–Trinajstić information content (AvgIpc) is 3.05. The molecule has 2 rings (SSSR count). The summed E-state index contributed by atoms with van der Waals surface area (Å²) < 4.78 is 14.3. The first kappa shape index (κ1) is 29.9. The molecule has 0 aliphatic carbocycles. The number of fused-ring (bicyclic) bond motifs is 1. The quantitative estimate of drug-likeness (QED) is 0.276. The van der Waals surface area contributed by atoms with Gasteiger partial charge in [-0.15, -0.1) is 6.58 Å². The van der Waals surface area contributed by atoms with Crippen molar-refractivity contribution in [3.63, 3.8) is 0 Å². The highest BCUT2D eigenvalue weighted by molar-refractivity contribution is 6.74. The Balaban J connectivity index is 2.64. The van der Waals surface area contributed by atoms with E-state index in [9.17, 15) is 9.90 Å². The molecule has 0 aliphatic heterocycles. The topological polar surface area (TPSA) is 63.9 Å². The van der Waals surface area contributed by atoms with Gasteiger partial charge in [-0.25, -0.2) is 4.79 Å². The first-order valence-electron chi connectivity index (χ1n) is 12.7. The normalized spacial score (nSPS) is 13.9. The lowest BCUT2D eigenvalue weighted by Gasteiger charge is -2.36. The number of aliphatic hydroxyl groups excluding tert-OH is 1. The van der Waals surface area contributed by atoms with Gasteiger partial charge in [-0.3, -0.25) is 4.90 Å². The van der Waals surface area contributed by atoms with Crippen LogP contribution < -0.4 is 4.90 Å². The standard InChI is InChI=1S/C29H46N2O4Si/c1-12-14-16-31(27(33)35-28(3,4)5)25-19-24-21(18-23(25)26(32)15-13-2)17-22(30(24)9)20-34-36(10,11)29(6,7)8/h12-13,15,17-19,26,32H,1,14,16,20H2,2-11H3/b15-13+. The fourth-order valence-corrected chi connectivity index (χ4v) is 4.60. The fraction of sp³-hybridized carbons (Fsp3) is 0.552. The van der Waals surface area contributed by atoms with E-state index in [1.165, 1.54) is 0 Å². The highest BCUT2D eigenvalue weighted by Crippen LogP contribution is 2.38. The Morgan fingerprint density at radius 2 is 1.83 bits per heavy atom. The van der Waals surface area contributed by atoms with Crippen LogP contribution >= 0.6 is 0 Å². The summed E-state index contributed by atoms with van der Waals surface area (Å²) in [6, 6.07) is 6.05. The van der Waals surface area contributed by atoms with Gasteiger partial charge in [0.1, 0.15) is 5.60 Å². The first-order chi connectivity index (χ1) is 16.5. The van der Waals surface area contributed by atoms with Gasteiger partial charge in [0.2, 0.25) is 0 Å². The largest absolute Gasteiger partial charge is 0.443 e. The summed E-state index contributed by atoms with van der Waals surface area (Å²) in [7, 11) is 0.0920. The second-order valence-corrected chi connectivity index (χ2v) is 16.7. The molecule has 1 unspecified atom stereocenters. The van der Waals surface area contributed by atoms with Crippen molar-refractivity contribution in [2.24, 2.45) is 7.05 Å². The number of rotatable bonds is 9. The highest BCUT2D eigenvalue weighted by Gasteiger charge is 2.37. The highest BCUT2D eigenvalue weighted by atomic mass is 28.4. The van der Waals surface area contributed by atoms with Crippen LogP contribution in [0.15, 0.2) is 43.0 Å². The minimum Gasteiger partial charge on any atom is -0.443 e. The Kier molecular flexibility index (Phi) is 9.43. The minimum atomic E-state index is -1.92. The Hall–Kier alpha value is -2.35. The molecule has 200 valence electrons. The second kappa shape index (κ2) is 11.4. The maximum absolute atomic E-state index is 13.3. The summed E-state index contributed by atoms with van der Waals surface area (Å²) in [6.07, 6.45) is 4.58. The molecule has 6 nitrogen and oxygen atoms in total. The van der Waals surface area contributed by atoms with Crippen molar-refractivity contribution in [2.45, 2.75) is 91.3 Å². The van der Waals surface area contributed by atoms with E-state index in [-0.39, 0.29) is 5.04 Å². The van der Waals surface area contributed by atoms with Crippen molar-refractivity contribution in [1.29, 1.82) is 0 Å². The van der Waals surface area contributed by atoms with Crippen LogP contribution in [0.2, 0.25) is 18.1 Å².